The molecule has 7 nitrogen and oxygen atoms in total. The molecule has 0 radical (unpaired) electrons. The van der Waals surface area contributed by atoms with Gasteiger partial charge in [-0.05, 0) is 32.1 Å². The molecule has 0 aromatic carbocycles. The van der Waals surface area contributed by atoms with Crippen LogP contribution in [0.15, 0.2) is 11.1 Å². The van der Waals surface area contributed by atoms with Gasteiger partial charge in [-0.1, -0.05) is 71.1 Å². The maximum Gasteiger partial charge on any atom is 0.332 e. The zero-order valence-corrected chi connectivity index (χ0v) is 18.5. The number of hydrogen-bond donors (Lipinski definition) is 3. The van der Waals surface area contributed by atoms with Gasteiger partial charge in [-0.25, -0.2) is 9.59 Å². The van der Waals surface area contributed by atoms with E-state index in [-0.39, 0.29) is 36.8 Å². The SMILES string of the molecule is CCCCCCCCCCCCC/C(C(=O)O)=C(\CCCCS(=O)(=O)O)C(=O)O. The fourth-order valence-electron chi connectivity index (χ4n) is 3.33. The monoisotopic (exact) mass is 434 g/mol. The topological polar surface area (TPSA) is 129 Å². The van der Waals surface area contributed by atoms with Gasteiger partial charge in [0.1, 0.15) is 0 Å². The van der Waals surface area contributed by atoms with Crippen LogP contribution >= 0.6 is 0 Å². The summed E-state index contributed by atoms with van der Waals surface area (Å²) in [5, 5.41) is 18.7. The Morgan fingerprint density at radius 1 is 0.621 bits per heavy atom. The maximum atomic E-state index is 11.5. The Bertz CT molecular complexity index is 609. The average molecular weight is 435 g/mol. The lowest BCUT2D eigenvalue weighted by Crippen LogP contribution is -2.12. The van der Waals surface area contributed by atoms with Crippen LogP contribution in [0.1, 0.15) is 103 Å². The number of aliphatic carboxylic acids is 2. The molecule has 0 aliphatic rings. The molecule has 29 heavy (non-hydrogen) atoms. The predicted octanol–water partition coefficient (Wildman–Crippen LogP) is 5.21. The molecule has 0 rings (SSSR count). The molecule has 0 fully saturated rings. The molecule has 0 saturated carbocycles. The summed E-state index contributed by atoms with van der Waals surface area (Å²) in [7, 11) is -4.09. The van der Waals surface area contributed by atoms with Gasteiger partial charge >= 0.3 is 11.9 Å². The van der Waals surface area contributed by atoms with Crippen LogP contribution in [0.3, 0.4) is 0 Å². The van der Waals surface area contributed by atoms with Crippen molar-refractivity contribution in [2.75, 3.05) is 5.75 Å². The Kier molecular flexibility index (Phi) is 15.6. The molecule has 0 atom stereocenters. The second-order valence-electron chi connectivity index (χ2n) is 7.60. The lowest BCUT2D eigenvalue weighted by atomic mass is 9.97. The van der Waals surface area contributed by atoms with Gasteiger partial charge in [0.2, 0.25) is 0 Å². The Balaban J connectivity index is 4.27. The molecule has 0 heterocycles. The van der Waals surface area contributed by atoms with Gasteiger partial charge in [-0.2, -0.15) is 8.42 Å². The van der Waals surface area contributed by atoms with E-state index in [4.69, 9.17) is 4.55 Å². The van der Waals surface area contributed by atoms with E-state index < -0.39 is 27.8 Å². The molecule has 0 bridgehead atoms. The van der Waals surface area contributed by atoms with Gasteiger partial charge in [0.05, 0.1) is 5.75 Å². The van der Waals surface area contributed by atoms with Crippen molar-refractivity contribution in [3.63, 3.8) is 0 Å². The summed E-state index contributed by atoms with van der Waals surface area (Å²) in [6.45, 7) is 2.20. The minimum absolute atomic E-state index is 0.0233. The van der Waals surface area contributed by atoms with Crippen molar-refractivity contribution in [2.45, 2.75) is 103 Å². The third kappa shape index (κ3) is 16.1. The van der Waals surface area contributed by atoms with Crippen LogP contribution in [0.2, 0.25) is 0 Å². The van der Waals surface area contributed by atoms with Crippen LogP contribution in [0, 0.1) is 0 Å². The number of hydrogen-bond acceptors (Lipinski definition) is 4. The quantitative estimate of drug-likeness (QED) is 0.144. The summed E-state index contributed by atoms with van der Waals surface area (Å²) in [5.41, 5.74) is -0.264. The molecule has 0 spiro atoms. The summed E-state index contributed by atoms with van der Waals surface area (Å²) < 4.78 is 30.1. The third-order valence-corrected chi connectivity index (χ3v) is 5.79. The molecule has 0 amide bonds. The highest BCUT2D eigenvalue weighted by Gasteiger charge is 2.19. The van der Waals surface area contributed by atoms with Crippen molar-refractivity contribution in [1.29, 1.82) is 0 Å². The second-order valence-corrected chi connectivity index (χ2v) is 9.17. The lowest BCUT2D eigenvalue weighted by Gasteiger charge is -2.09. The van der Waals surface area contributed by atoms with Crippen LogP contribution in [0.5, 0.6) is 0 Å². The van der Waals surface area contributed by atoms with Gasteiger partial charge in [-0.15, -0.1) is 0 Å². The largest absolute Gasteiger partial charge is 0.478 e. The van der Waals surface area contributed by atoms with E-state index in [1.165, 1.54) is 44.9 Å². The molecule has 0 saturated heterocycles. The number of carboxylic acid groups (broad SMARTS) is 2. The zero-order valence-electron chi connectivity index (χ0n) is 17.7. The first-order valence-corrected chi connectivity index (χ1v) is 12.4. The molecule has 0 aliphatic heterocycles. The van der Waals surface area contributed by atoms with Crippen LogP contribution in [0.4, 0.5) is 0 Å². The van der Waals surface area contributed by atoms with E-state index in [0.717, 1.165) is 19.3 Å². The van der Waals surface area contributed by atoms with Crippen molar-refractivity contribution in [1.82, 2.24) is 0 Å². The molecule has 0 aliphatic carbocycles. The fraction of sp³-hybridized carbons (Fsp3) is 0.810. The van der Waals surface area contributed by atoms with Crippen LogP contribution in [-0.2, 0) is 19.7 Å². The van der Waals surface area contributed by atoms with E-state index in [1.54, 1.807) is 0 Å². The predicted molar refractivity (Wildman–Crippen MR) is 114 cm³/mol. The average Bonchev–Trinajstić information content (AvgIpc) is 2.62. The molecular formula is C21H38O7S. The van der Waals surface area contributed by atoms with Crippen molar-refractivity contribution in [2.24, 2.45) is 0 Å². The molecule has 0 aromatic rings. The van der Waals surface area contributed by atoms with Crippen molar-refractivity contribution >= 4 is 22.1 Å². The number of carboxylic acids is 2. The highest BCUT2D eigenvalue weighted by Crippen LogP contribution is 2.20. The van der Waals surface area contributed by atoms with Crippen LogP contribution in [0.25, 0.3) is 0 Å². The Morgan fingerprint density at radius 3 is 1.31 bits per heavy atom. The third-order valence-electron chi connectivity index (χ3n) is 4.99. The highest BCUT2D eigenvalue weighted by atomic mass is 32.2. The molecule has 3 N–H and O–H groups in total. The number of carbonyl (C=O) groups is 2. The standard InChI is InChI=1S/C21H38O7S/c1-2-3-4-5-6-7-8-9-10-11-12-15-18(20(22)23)19(21(24)25)16-13-14-17-29(26,27)28/h2-17H2,1H3,(H,22,23)(H,24,25)(H,26,27,28)/b19-18-. The summed E-state index contributed by atoms with van der Waals surface area (Å²) in [4.78, 5) is 22.9. The van der Waals surface area contributed by atoms with Crippen molar-refractivity contribution in [3.05, 3.63) is 11.1 Å². The fourth-order valence-corrected chi connectivity index (χ4v) is 3.89. The maximum absolute atomic E-state index is 11.5. The van der Waals surface area contributed by atoms with Gasteiger partial charge in [0.25, 0.3) is 10.1 Å². The van der Waals surface area contributed by atoms with Crippen LogP contribution < -0.4 is 0 Å². The molecular weight excluding hydrogens is 396 g/mol. The van der Waals surface area contributed by atoms with Gasteiger partial charge in [-0.3, -0.25) is 4.55 Å². The smallest absolute Gasteiger partial charge is 0.332 e. The summed E-state index contributed by atoms with van der Waals surface area (Å²) in [5.74, 6) is -2.97. The zero-order chi connectivity index (χ0) is 22.1. The highest BCUT2D eigenvalue weighted by molar-refractivity contribution is 7.85. The van der Waals surface area contributed by atoms with E-state index in [2.05, 4.69) is 6.92 Å². The normalized spacial score (nSPS) is 12.6. The second kappa shape index (κ2) is 16.4. The summed E-state index contributed by atoms with van der Waals surface area (Å²) in [6.07, 6.45) is 12.9. The molecule has 170 valence electrons. The molecule has 8 heteroatoms. The first-order chi connectivity index (χ1) is 13.7. The minimum atomic E-state index is -4.09. The van der Waals surface area contributed by atoms with Crippen molar-refractivity contribution < 1.29 is 32.8 Å². The number of rotatable bonds is 19. The van der Waals surface area contributed by atoms with E-state index in [0.29, 0.717) is 6.42 Å². The van der Waals surface area contributed by atoms with Crippen molar-refractivity contribution in [3.8, 4) is 0 Å². The van der Waals surface area contributed by atoms with Crippen LogP contribution in [-0.4, -0.2) is 40.9 Å². The first kappa shape index (κ1) is 27.6. The molecule has 0 unspecified atom stereocenters. The Labute approximate surface area is 175 Å². The molecule has 0 aromatic heterocycles. The first-order valence-electron chi connectivity index (χ1n) is 10.8. The summed E-state index contributed by atoms with van der Waals surface area (Å²) >= 11 is 0. The Morgan fingerprint density at radius 2 is 0.966 bits per heavy atom. The number of unbranched alkanes of at least 4 members (excludes halogenated alkanes) is 11. The Hall–Kier alpha value is -1.41. The minimum Gasteiger partial charge on any atom is -0.478 e. The lowest BCUT2D eigenvalue weighted by molar-refractivity contribution is -0.136. The van der Waals surface area contributed by atoms with E-state index >= 15 is 0 Å². The van der Waals surface area contributed by atoms with E-state index in [1.807, 2.05) is 0 Å². The van der Waals surface area contributed by atoms with Gasteiger partial charge < -0.3 is 10.2 Å². The van der Waals surface area contributed by atoms with Gasteiger partial charge in [0, 0.05) is 11.1 Å². The van der Waals surface area contributed by atoms with E-state index in [9.17, 15) is 28.2 Å². The summed E-state index contributed by atoms with van der Waals surface area (Å²) in [6, 6.07) is 0. The van der Waals surface area contributed by atoms with Gasteiger partial charge in [0.15, 0.2) is 0 Å².